The fourth-order valence-electron chi connectivity index (χ4n) is 4.32. The fraction of sp³-hybridized carbons (Fsp3) is 0.200. The number of likely N-dealkylation sites (tertiary alicyclic amines) is 1. The molecule has 0 radical (unpaired) electrons. The lowest BCUT2D eigenvalue weighted by molar-refractivity contribution is -0.124. The van der Waals surface area contributed by atoms with Gasteiger partial charge in [-0.3, -0.25) is 25.0 Å². The van der Waals surface area contributed by atoms with Crippen LogP contribution in [0, 0.1) is 11.8 Å². The second kappa shape index (κ2) is 9.32. The molecular weight excluding hydrogens is 444 g/mol. The number of nitrogens with one attached hydrogen (secondary N) is 2. The highest BCUT2D eigenvalue weighted by atomic mass is 16.2. The van der Waals surface area contributed by atoms with E-state index in [-0.39, 0.29) is 17.9 Å². The van der Waals surface area contributed by atoms with Gasteiger partial charge in [-0.25, -0.2) is 15.8 Å². The van der Waals surface area contributed by atoms with Crippen molar-refractivity contribution in [2.24, 2.45) is 10.8 Å². The summed E-state index contributed by atoms with van der Waals surface area (Å²) in [6, 6.07) is 12.6. The molecule has 2 aromatic rings. The lowest BCUT2D eigenvalue weighted by Gasteiger charge is -2.29. The number of aromatic nitrogens is 1. The number of nitrogens with two attached hydrogens (primary N) is 1. The average molecular weight is 469 g/mol. The van der Waals surface area contributed by atoms with Gasteiger partial charge in [0.2, 0.25) is 0 Å². The summed E-state index contributed by atoms with van der Waals surface area (Å²) in [6.07, 6.45) is 5.70. The van der Waals surface area contributed by atoms with Crippen LogP contribution < -0.4 is 16.6 Å². The van der Waals surface area contributed by atoms with Gasteiger partial charge in [0.25, 0.3) is 11.8 Å². The summed E-state index contributed by atoms with van der Waals surface area (Å²) in [5, 5.41) is 6.26. The lowest BCUT2D eigenvalue weighted by Crippen LogP contribution is -2.43. The van der Waals surface area contributed by atoms with Gasteiger partial charge in [-0.05, 0) is 43.5 Å². The van der Waals surface area contributed by atoms with E-state index in [4.69, 9.17) is 5.84 Å². The van der Waals surface area contributed by atoms with Crippen molar-refractivity contribution in [3.8, 4) is 11.8 Å². The molecule has 10 nitrogen and oxygen atoms in total. The van der Waals surface area contributed by atoms with Crippen LogP contribution in [0.5, 0.6) is 0 Å². The number of carbonyl (C=O) groups is 2. The van der Waals surface area contributed by atoms with Gasteiger partial charge in [-0.2, -0.15) is 0 Å². The van der Waals surface area contributed by atoms with Crippen molar-refractivity contribution in [1.29, 1.82) is 0 Å². The van der Waals surface area contributed by atoms with E-state index in [9.17, 15) is 9.59 Å². The van der Waals surface area contributed by atoms with E-state index in [1.54, 1.807) is 54.8 Å². The Morgan fingerprint density at radius 3 is 2.77 bits per heavy atom. The summed E-state index contributed by atoms with van der Waals surface area (Å²) >= 11 is 0. The van der Waals surface area contributed by atoms with Crippen molar-refractivity contribution in [2.45, 2.75) is 19.4 Å². The molecule has 0 aliphatic carbocycles. The monoisotopic (exact) mass is 468 g/mol. The molecule has 0 unspecified atom stereocenters. The van der Waals surface area contributed by atoms with E-state index in [0.29, 0.717) is 24.5 Å². The molecule has 2 amide bonds. The Morgan fingerprint density at radius 2 is 2.03 bits per heavy atom. The Labute approximate surface area is 202 Å². The fourth-order valence-corrected chi connectivity index (χ4v) is 4.32. The van der Waals surface area contributed by atoms with Crippen LogP contribution in [-0.4, -0.2) is 57.2 Å². The van der Waals surface area contributed by atoms with Crippen LogP contribution in [-0.2, 0) is 4.79 Å². The quantitative estimate of drug-likeness (QED) is 0.460. The smallest absolute Gasteiger partial charge is 0.298 e. The lowest BCUT2D eigenvalue weighted by atomic mass is 10.1. The second-order valence-electron chi connectivity index (χ2n) is 8.21. The predicted molar refractivity (Wildman–Crippen MR) is 132 cm³/mol. The van der Waals surface area contributed by atoms with Gasteiger partial charge in [-0.1, -0.05) is 24.1 Å². The first-order chi connectivity index (χ1) is 17.0. The predicted octanol–water partition coefficient (Wildman–Crippen LogP) is 1.51. The van der Waals surface area contributed by atoms with Crippen LogP contribution in [0.2, 0.25) is 0 Å². The highest BCUT2D eigenvalue weighted by Crippen LogP contribution is 2.36. The number of amides is 2. The summed E-state index contributed by atoms with van der Waals surface area (Å²) < 4.78 is 0. The molecule has 0 bridgehead atoms. The second-order valence-corrected chi connectivity index (χ2v) is 8.21. The average Bonchev–Trinajstić information content (AvgIpc) is 3.51. The Morgan fingerprint density at radius 1 is 1.20 bits per heavy atom. The Bertz CT molecular complexity index is 1300. The van der Waals surface area contributed by atoms with E-state index in [1.165, 1.54) is 5.01 Å². The van der Waals surface area contributed by atoms with Gasteiger partial charge in [0.05, 0.1) is 17.9 Å². The van der Waals surface area contributed by atoms with Crippen molar-refractivity contribution < 1.29 is 9.59 Å². The molecule has 3 aliphatic heterocycles. The summed E-state index contributed by atoms with van der Waals surface area (Å²) in [5.41, 5.74) is 7.21. The maximum Gasteiger partial charge on any atom is 0.298 e. The molecule has 4 N–H and O–H groups in total. The maximum atomic E-state index is 12.6. The van der Waals surface area contributed by atoms with Gasteiger partial charge in [0, 0.05) is 30.4 Å². The number of hydrazine groups is 2. The topological polar surface area (TPSA) is 119 Å². The molecule has 10 heteroatoms. The molecule has 1 aromatic carbocycles. The minimum atomic E-state index is -0.245. The number of rotatable bonds is 4. The third-order valence-electron chi connectivity index (χ3n) is 6.01. The van der Waals surface area contributed by atoms with Crippen molar-refractivity contribution in [3.05, 3.63) is 77.4 Å². The summed E-state index contributed by atoms with van der Waals surface area (Å²) in [7, 11) is 0. The number of anilines is 1. The highest BCUT2D eigenvalue weighted by Gasteiger charge is 2.39. The van der Waals surface area contributed by atoms with Gasteiger partial charge in [0.15, 0.2) is 0 Å². The summed E-state index contributed by atoms with van der Waals surface area (Å²) in [4.78, 5) is 35.0. The first kappa shape index (κ1) is 22.2. The van der Waals surface area contributed by atoms with Crippen LogP contribution in [0.3, 0.4) is 0 Å². The molecule has 1 saturated heterocycles. The Hall–Kier alpha value is -4.62. The number of carbonyl (C=O) groups excluding carboxylic acids is 2. The maximum absolute atomic E-state index is 12.6. The third-order valence-corrected chi connectivity index (χ3v) is 6.01. The molecule has 4 heterocycles. The van der Waals surface area contributed by atoms with Crippen LogP contribution in [0.1, 0.15) is 29.3 Å². The Balaban J connectivity index is 1.36. The molecule has 1 aromatic heterocycles. The minimum Gasteiger partial charge on any atom is -0.330 e. The molecular formula is C25H24N8O2. The zero-order chi connectivity index (χ0) is 24.4. The van der Waals surface area contributed by atoms with Crippen LogP contribution in [0.25, 0.3) is 5.70 Å². The number of fused-ring (bicyclic) bond motifs is 1. The number of hydrogen-bond acceptors (Lipinski definition) is 8. The number of nitrogens with zero attached hydrogens (tertiary/aromatic N) is 5. The van der Waals surface area contributed by atoms with E-state index < -0.39 is 0 Å². The normalized spacial score (nSPS) is 18.5. The van der Waals surface area contributed by atoms with E-state index in [0.717, 1.165) is 29.1 Å². The molecule has 3 aliphatic rings. The van der Waals surface area contributed by atoms with Crippen molar-refractivity contribution in [1.82, 2.24) is 25.3 Å². The first-order valence-corrected chi connectivity index (χ1v) is 11.2. The van der Waals surface area contributed by atoms with E-state index >= 15 is 0 Å². The van der Waals surface area contributed by atoms with Crippen molar-refractivity contribution in [2.75, 3.05) is 18.4 Å². The van der Waals surface area contributed by atoms with Gasteiger partial charge in [0.1, 0.15) is 23.6 Å². The zero-order valence-corrected chi connectivity index (χ0v) is 19.1. The molecule has 1 fully saturated rings. The summed E-state index contributed by atoms with van der Waals surface area (Å²) in [5.74, 6) is 11.6. The first-order valence-electron chi connectivity index (χ1n) is 11.2. The SMILES string of the molecule is CC#CC(=O)N1CC[C@@H](N2NC(c3ccc(C(=O)Nc4ccccn4)cc3)=C3C2=CN=CN3N)C1. The molecule has 35 heavy (non-hydrogen) atoms. The largest absolute Gasteiger partial charge is 0.330 e. The van der Waals surface area contributed by atoms with Crippen LogP contribution >= 0.6 is 0 Å². The number of aliphatic imine (C=N–C) groups is 1. The molecule has 0 spiro atoms. The van der Waals surface area contributed by atoms with E-state index in [1.807, 2.05) is 23.2 Å². The van der Waals surface area contributed by atoms with Gasteiger partial charge < -0.3 is 10.2 Å². The molecule has 176 valence electrons. The zero-order valence-electron chi connectivity index (χ0n) is 19.1. The van der Waals surface area contributed by atoms with Crippen molar-refractivity contribution >= 4 is 29.7 Å². The number of pyridine rings is 1. The number of hydrogen-bond donors (Lipinski definition) is 3. The Kier molecular flexibility index (Phi) is 5.91. The minimum absolute atomic E-state index is 0.0291. The van der Waals surface area contributed by atoms with Gasteiger partial charge >= 0.3 is 0 Å². The van der Waals surface area contributed by atoms with Crippen LogP contribution in [0.15, 0.2) is 71.2 Å². The molecule has 0 saturated carbocycles. The third kappa shape index (κ3) is 4.32. The van der Waals surface area contributed by atoms with Crippen LogP contribution in [0.4, 0.5) is 5.82 Å². The standard InChI is InChI=1S/C25H24N8O2/c1-2-5-22(34)31-13-11-19(15-31)33-20-14-27-16-32(26)24(20)23(30-33)17-7-9-18(10-8-17)25(35)29-21-6-3-4-12-28-21/h3-4,6-10,12,14,16,19,30H,11,13,15,26H2,1H3,(H,28,29,35)/t19-/m1/s1. The highest BCUT2D eigenvalue weighted by molar-refractivity contribution is 6.04. The molecule has 5 rings (SSSR count). The van der Waals surface area contributed by atoms with E-state index in [2.05, 4.69) is 32.6 Å². The van der Waals surface area contributed by atoms with Crippen molar-refractivity contribution in [3.63, 3.8) is 0 Å². The number of benzene rings is 1. The summed E-state index contributed by atoms with van der Waals surface area (Å²) in [6.45, 7) is 2.83. The van der Waals surface area contributed by atoms with Gasteiger partial charge in [-0.15, -0.1) is 0 Å². The molecule has 1 atom stereocenters.